The number of benzene rings is 2. The summed E-state index contributed by atoms with van der Waals surface area (Å²) in [7, 11) is 1.59. The fraction of sp³-hybridized carbons (Fsp3) is 0.0556. The highest BCUT2D eigenvalue weighted by atomic mass is 32.1. The number of nitrogens with zero attached hydrogens (tertiary/aromatic N) is 1. The van der Waals surface area contributed by atoms with E-state index >= 15 is 0 Å². The molecule has 3 aromatic rings. The zero-order valence-corrected chi connectivity index (χ0v) is 15.3. The number of nitrogens with one attached hydrogen (secondary N) is 2. The molecule has 0 spiro atoms. The minimum Gasteiger partial charge on any atom is -0.497 e. The summed E-state index contributed by atoms with van der Waals surface area (Å²) in [5.41, 5.74) is 1.51. The van der Waals surface area contributed by atoms with Gasteiger partial charge in [-0.05, 0) is 54.2 Å². The summed E-state index contributed by atoms with van der Waals surface area (Å²) in [5.74, 6) is 0.0467. The number of rotatable bonds is 4. The molecule has 0 unspecified atom stereocenters. The Labute approximate surface area is 158 Å². The van der Waals surface area contributed by atoms with Crippen LogP contribution in [-0.2, 0) is 4.79 Å². The number of hydrogen-bond donors (Lipinski definition) is 2. The van der Waals surface area contributed by atoms with Crippen LogP contribution in [0.25, 0.3) is 16.3 Å². The summed E-state index contributed by atoms with van der Waals surface area (Å²) in [5, 5.41) is 5.97. The van der Waals surface area contributed by atoms with E-state index in [1.807, 2.05) is 12.1 Å². The van der Waals surface area contributed by atoms with Crippen molar-refractivity contribution in [1.29, 1.82) is 0 Å². The molecule has 5 nitrogen and oxygen atoms in total. The maximum Gasteiger partial charge on any atom is 0.250 e. The van der Waals surface area contributed by atoms with Gasteiger partial charge in [-0.15, -0.1) is 0 Å². The number of anilines is 1. The van der Waals surface area contributed by atoms with Gasteiger partial charge in [0.1, 0.15) is 11.6 Å². The van der Waals surface area contributed by atoms with Crippen molar-refractivity contribution < 1.29 is 13.9 Å². The van der Waals surface area contributed by atoms with Gasteiger partial charge in [0.15, 0.2) is 10.2 Å². The Hall–Kier alpha value is -2.84. The number of amides is 1. The number of hydrogen-bond acceptors (Lipinski definition) is 5. The maximum atomic E-state index is 13.2. The first-order valence-electron chi connectivity index (χ1n) is 7.54. The Morgan fingerprint density at radius 1 is 1.27 bits per heavy atom. The molecule has 1 aromatic heterocycles. The maximum absolute atomic E-state index is 13.2. The fourth-order valence-electron chi connectivity index (χ4n) is 2.12. The molecule has 1 heterocycles. The zero-order valence-electron chi connectivity index (χ0n) is 13.7. The van der Waals surface area contributed by atoms with Gasteiger partial charge in [-0.3, -0.25) is 10.1 Å². The lowest BCUT2D eigenvalue weighted by Gasteiger charge is -2.04. The van der Waals surface area contributed by atoms with Crippen molar-refractivity contribution >= 4 is 56.0 Å². The Morgan fingerprint density at radius 3 is 2.77 bits per heavy atom. The molecule has 0 aliphatic carbocycles. The van der Waals surface area contributed by atoms with Gasteiger partial charge in [0.2, 0.25) is 5.91 Å². The second kappa shape index (κ2) is 8.03. The van der Waals surface area contributed by atoms with Crippen LogP contribution in [0.15, 0.2) is 48.5 Å². The molecule has 0 saturated carbocycles. The molecule has 2 aromatic carbocycles. The van der Waals surface area contributed by atoms with Crippen LogP contribution in [0.4, 0.5) is 9.52 Å². The van der Waals surface area contributed by atoms with E-state index in [1.54, 1.807) is 31.4 Å². The third-order valence-electron chi connectivity index (χ3n) is 3.35. The molecule has 0 fully saturated rings. The van der Waals surface area contributed by atoms with Crippen molar-refractivity contribution in [3.63, 3.8) is 0 Å². The van der Waals surface area contributed by atoms with Gasteiger partial charge in [0.25, 0.3) is 0 Å². The lowest BCUT2D eigenvalue weighted by Crippen LogP contribution is -2.32. The van der Waals surface area contributed by atoms with E-state index in [-0.39, 0.29) is 16.8 Å². The van der Waals surface area contributed by atoms with Gasteiger partial charge in [-0.2, -0.15) is 0 Å². The van der Waals surface area contributed by atoms with Crippen LogP contribution in [0.3, 0.4) is 0 Å². The second-order valence-corrected chi connectivity index (χ2v) is 6.62. The van der Waals surface area contributed by atoms with Gasteiger partial charge in [0.05, 0.1) is 17.3 Å². The predicted molar refractivity (Wildman–Crippen MR) is 106 cm³/mol. The van der Waals surface area contributed by atoms with Crippen LogP contribution in [0.2, 0.25) is 0 Å². The van der Waals surface area contributed by atoms with Crippen molar-refractivity contribution in [2.24, 2.45) is 0 Å². The summed E-state index contributed by atoms with van der Waals surface area (Å²) in [6, 6.07) is 11.6. The molecule has 0 radical (unpaired) electrons. The minimum absolute atomic E-state index is 0.119. The highest BCUT2D eigenvalue weighted by Crippen LogP contribution is 2.26. The van der Waals surface area contributed by atoms with Crippen LogP contribution in [-0.4, -0.2) is 23.1 Å². The van der Waals surface area contributed by atoms with Gasteiger partial charge < -0.3 is 10.1 Å². The second-order valence-electron chi connectivity index (χ2n) is 5.18. The Bertz CT molecular complexity index is 984. The number of carbonyl (C=O) groups is 1. The normalized spacial score (nSPS) is 10.8. The van der Waals surface area contributed by atoms with Gasteiger partial charge in [0, 0.05) is 6.08 Å². The van der Waals surface area contributed by atoms with Crippen molar-refractivity contribution in [3.05, 3.63) is 59.9 Å². The molecular formula is C18H14FN3O2S2. The molecule has 1 amide bonds. The predicted octanol–water partition coefficient (Wildman–Crippen LogP) is 3.97. The Balaban J connectivity index is 1.57. The quantitative estimate of drug-likeness (QED) is 0.524. The van der Waals surface area contributed by atoms with Gasteiger partial charge >= 0.3 is 0 Å². The summed E-state index contributed by atoms with van der Waals surface area (Å²) >= 11 is 6.36. The first-order chi connectivity index (χ1) is 12.5. The first-order valence-corrected chi connectivity index (χ1v) is 8.76. The largest absolute Gasteiger partial charge is 0.497 e. The van der Waals surface area contributed by atoms with Gasteiger partial charge in [-0.25, -0.2) is 9.37 Å². The first kappa shape index (κ1) is 18.0. The molecule has 0 aliphatic rings. The third-order valence-corrected chi connectivity index (χ3v) is 4.49. The molecule has 0 aliphatic heterocycles. The number of fused-ring (bicyclic) bond motifs is 1. The standard InChI is InChI=1S/C18H14FN3O2S2/c1-24-13-6-2-11(3-7-13)4-9-16(23)21-17(25)22-18-20-14-8-5-12(19)10-15(14)26-18/h2-10H,1H3,(H2,20,21,22,23,25)/b9-4+. The Kier molecular flexibility index (Phi) is 5.55. The van der Waals surface area contributed by atoms with Crippen LogP contribution >= 0.6 is 23.6 Å². The average molecular weight is 387 g/mol. The van der Waals surface area contributed by atoms with E-state index in [1.165, 1.54) is 29.5 Å². The Morgan fingerprint density at radius 2 is 2.04 bits per heavy atom. The van der Waals surface area contributed by atoms with Crippen molar-refractivity contribution in [1.82, 2.24) is 10.3 Å². The van der Waals surface area contributed by atoms with Crippen LogP contribution in [0.5, 0.6) is 5.75 Å². The smallest absolute Gasteiger partial charge is 0.250 e. The molecule has 0 saturated heterocycles. The highest BCUT2D eigenvalue weighted by Gasteiger charge is 2.07. The molecule has 132 valence electrons. The van der Waals surface area contributed by atoms with E-state index in [2.05, 4.69) is 15.6 Å². The van der Waals surface area contributed by atoms with Crippen LogP contribution < -0.4 is 15.4 Å². The molecule has 26 heavy (non-hydrogen) atoms. The molecule has 0 bridgehead atoms. The number of thiocarbonyl (C=S) groups is 1. The number of methoxy groups -OCH3 is 1. The topological polar surface area (TPSA) is 63.2 Å². The van der Waals surface area contributed by atoms with Crippen LogP contribution in [0.1, 0.15) is 5.56 Å². The summed E-state index contributed by atoms with van der Waals surface area (Å²) in [4.78, 5) is 16.2. The average Bonchev–Trinajstić information content (AvgIpc) is 3.01. The lowest BCUT2D eigenvalue weighted by molar-refractivity contribution is -0.115. The minimum atomic E-state index is -0.370. The number of ether oxygens (including phenoxy) is 1. The molecule has 3 rings (SSSR count). The van der Waals surface area contributed by atoms with E-state index in [9.17, 15) is 9.18 Å². The van der Waals surface area contributed by atoms with Crippen molar-refractivity contribution in [3.8, 4) is 5.75 Å². The SMILES string of the molecule is COc1ccc(/C=C/C(=O)NC(=S)Nc2nc3ccc(F)cc3s2)cc1. The third kappa shape index (κ3) is 4.62. The molecule has 8 heteroatoms. The number of halogens is 1. The number of carbonyl (C=O) groups excluding carboxylic acids is 1. The van der Waals surface area contributed by atoms with E-state index in [0.29, 0.717) is 15.3 Å². The lowest BCUT2D eigenvalue weighted by atomic mass is 10.2. The monoisotopic (exact) mass is 387 g/mol. The summed E-state index contributed by atoms with van der Waals surface area (Å²) in [6.07, 6.45) is 3.04. The van der Waals surface area contributed by atoms with E-state index in [4.69, 9.17) is 17.0 Å². The van der Waals surface area contributed by atoms with Crippen molar-refractivity contribution in [2.75, 3.05) is 12.4 Å². The summed E-state index contributed by atoms with van der Waals surface area (Å²) < 4.78 is 19.0. The summed E-state index contributed by atoms with van der Waals surface area (Å²) in [6.45, 7) is 0. The number of thiazole rings is 1. The van der Waals surface area contributed by atoms with Crippen LogP contribution in [0, 0.1) is 5.82 Å². The van der Waals surface area contributed by atoms with Gasteiger partial charge in [-0.1, -0.05) is 23.5 Å². The van der Waals surface area contributed by atoms with E-state index in [0.717, 1.165) is 11.3 Å². The highest BCUT2D eigenvalue weighted by molar-refractivity contribution is 7.80. The van der Waals surface area contributed by atoms with E-state index < -0.39 is 0 Å². The number of aromatic nitrogens is 1. The van der Waals surface area contributed by atoms with Crippen molar-refractivity contribution in [2.45, 2.75) is 0 Å². The fourth-order valence-corrected chi connectivity index (χ4v) is 3.28. The molecular weight excluding hydrogens is 373 g/mol. The zero-order chi connectivity index (χ0) is 18.5. The molecule has 2 N–H and O–H groups in total. The molecule has 0 atom stereocenters.